The van der Waals surface area contributed by atoms with E-state index in [9.17, 15) is 4.79 Å². The maximum absolute atomic E-state index is 12.0. The van der Waals surface area contributed by atoms with Gasteiger partial charge in [0, 0.05) is 19.6 Å². The molecule has 0 saturated carbocycles. The summed E-state index contributed by atoms with van der Waals surface area (Å²) in [6.07, 6.45) is 1.04. The van der Waals surface area contributed by atoms with Crippen LogP contribution in [0.25, 0.3) is 0 Å². The van der Waals surface area contributed by atoms with E-state index in [1.807, 2.05) is 13.0 Å². The van der Waals surface area contributed by atoms with Gasteiger partial charge in [-0.15, -0.1) is 0 Å². The molecule has 0 radical (unpaired) electrons. The van der Waals surface area contributed by atoms with E-state index in [0.29, 0.717) is 12.5 Å². The Bertz CT molecular complexity index is 404. The molecule has 0 N–H and O–H groups in total. The molecule has 0 bridgehead atoms. The quantitative estimate of drug-likeness (QED) is 0.763. The van der Waals surface area contributed by atoms with Crippen molar-refractivity contribution in [3.8, 4) is 0 Å². The summed E-state index contributed by atoms with van der Waals surface area (Å²) in [5.41, 5.74) is 1.31. The molecule has 3 heteroatoms. The second-order valence-corrected chi connectivity index (χ2v) is 5.21. The van der Waals surface area contributed by atoms with Gasteiger partial charge >= 0.3 is 5.97 Å². The summed E-state index contributed by atoms with van der Waals surface area (Å²) in [5.74, 6) is 0.460. The highest BCUT2D eigenvalue weighted by atomic mass is 16.5. The molecule has 2 unspecified atom stereocenters. The second kappa shape index (κ2) is 6.71. The van der Waals surface area contributed by atoms with E-state index in [1.165, 1.54) is 5.56 Å². The molecule has 2 rings (SSSR count). The van der Waals surface area contributed by atoms with E-state index < -0.39 is 0 Å². The van der Waals surface area contributed by atoms with Gasteiger partial charge in [-0.1, -0.05) is 43.7 Å². The van der Waals surface area contributed by atoms with Gasteiger partial charge in [0.25, 0.3) is 0 Å². The maximum Gasteiger partial charge on any atom is 0.310 e. The van der Waals surface area contributed by atoms with Crippen LogP contribution in [0.5, 0.6) is 0 Å². The first-order chi connectivity index (χ1) is 9.24. The van der Waals surface area contributed by atoms with E-state index in [2.05, 4.69) is 36.1 Å². The zero-order valence-corrected chi connectivity index (χ0v) is 11.8. The summed E-state index contributed by atoms with van der Waals surface area (Å²) in [7, 11) is 0. The molecule has 1 aliphatic heterocycles. The molecule has 0 amide bonds. The van der Waals surface area contributed by atoms with Crippen LogP contribution in [-0.2, 0) is 16.1 Å². The van der Waals surface area contributed by atoms with Crippen molar-refractivity contribution >= 4 is 5.97 Å². The summed E-state index contributed by atoms with van der Waals surface area (Å²) < 4.78 is 5.19. The highest BCUT2D eigenvalue weighted by Crippen LogP contribution is 2.28. The Balaban J connectivity index is 1.97. The van der Waals surface area contributed by atoms with Crippen LogP contribution in [0.4, 0.5) is 0 Å². The first kappa shape index (κ1) is 14.1. The van der Waals surface area contributed by atoms with Gasteiger partial charge in [-0.2, -0.15) is 0 Å². The Labute approximate surface area is 115 Å². The Kier molecular flexibility index (Phi) is 4.97. The standard InChI is InChI=1S/C16H23NO2/c1-3-14-11-17(10-13-8-6-5-7-9-13)12-15(14)16(18)19-4-2/h5-9,14-15H,3-4,10-12H2,1-2H3. The smallest absolute Gasteiger partial charge is 0.310 e. The summed E-state index contributed by atoms with van der Waals surface area (Å²) in [4.78, 5) is 14.3. The van der Waals surface area contributed by atoms with Crippen molar-refractivity contribution in [3.63, 3.8) is 0 Å². The predicted octanol–water partition coefficient (Wildman–Crippen LogP) is 2.71. The number of hydrogen-bond acceptors (Lipinski definition) is 3. The third kappa shape index (κ3) is 3.57. The van der Waals surface area contributed by atoms with Crippen LogP contribution >= 0.6 is 0 Å². The SMILES string of the molecule is CCOC(=O)C1CN(Cc2ccccc2)CC1CC. The Morgan fingerprint density at radius 3 is 2.63 bits per heavy atom. The Hall–Kier alpha value is -1.35. The van der Waals surface area contributed by atoms with Crippen LogP contribution < -0.4 is 0 Å². The molecule has 1 aliphatic rings. The molecule has 104 valence electrons. The van der Waals surface area contributed by atoms with Gasteiger partial charge in [0.05, 0.1) is 12.5 Å². The van der Waals surface area contributed by atoms with Gasteiger partial charge < -0.3 is 4.74 Å². The van der Waals surface area contributed by atoms with E-state index in [0.717, 1.165) is 26.1 Å². The number of carbonyl (C=O) groups is 1. The number of esters is 1. The monoisotopic (exact) mass is 261 g/mol. The molecule has 0 spiro atoms. The summed E-state index contributed by atoms with van der Waals surface area (Å²) in [6.45, 7) is 7.25. The molecule has 1 fully saturated rings. The highest BCUT2D eigenvalue weighted by molar-refractivity contribution is 5.73. The topological polar surface area (TPSA) is 29.5 Å². The molecule has 19 heavy (non-hydrogen) atoms. The van der Waals surface area contributed by atoms with Gasteiger partial charge in [0.2, 0.25) is 0 Å². The molecule has 3 nitrogen and oxygen atoms in total. The van der Waals surface area contributed by atoms with Crippen LogP contribution in [0, 0.1) is 11.8 Å². The fourth-order valence-electron chi connectivity index (χ4n) is 2.86. The third-order valence-electron chi connectivity index (χ3n) is 3.88. The molecule has 1 heterocycles. The summed E-state index contributed by atoms with van der Waals surface area (Å²) in [5, 5.41) is 0. The van der Waals surface area contributed by atoms with Gasteiger partial charge in [-0.05, 0) is 18.4 Å². The van der Waals surface area contributed by atoms with Crippen molar-refractivity contribution in [2.45, 2.75) is 26.8 Å². The lowest BCUT2D eigenvalue weighted by Crippen LogP contribution is -2.25. The lowest BCUT2D eigenvalue weighted by atomic mass is 9.94. The van der Waals surface area contributed by atoms with E-state index >= 15 is 0 Å². The van der Waals surface area contributed by atoms with Crippen molar-refractivity contribution in [3.05, 3.63) is 35.9 Å². The van der Waals surface area contributed by atoms with Crippen LogP contribution in [0.2, 0.25) is 0 Å². The normalized spacial score (nSPS) is 23.5. The average Bonchev–Trinajstić information content (AvgIpc) is 2.83. The van der Waals surface area contributed by atoms with Crippen LogP contribution in [0.1, 0.15) is 25.8 Å². The van der Waals surface area contributed by atoms with Crippen molar-refractivity contribution in [2.24, 2.45) is 11.8 Å². The maximum atomic E-state index is 12.0. The first-order valence-electron chi connectivity index (χ1n) is 7.17. The summed E-state index contributed by atoms with van der Waals surface area (Å²) in [6, 6.07) is 10.4. The van der Waals surface area contributed by atoms with Crippen molar-refractivity contribution < 1.29 is 9.53 Å². The molecule has 0 aromatic heterocycles. The molecular formula is C16H23NO2. The number of likely N-dealkylation sites (tertiary alicyclic amines) is 1. The van der Waals surface area contributed by atoms with Crippen molar-refractivity contribution in [2.75, 3.05) is 19.7 Å². The van der Waals surface area contributed by atoms with Gasteiger partial charge in [0.1, 0.15) is 0 Å². The lowest BCUT2D eigenvalue weighted by Gasteiger charge is -2.15. The van der Waals surface area contributed by atoms with Gasteiger partial charge in [-0.25, -0.2) is 0 Å². The lowest BCUT2D eigenvalue weighted by molar-refractivity contribution is -0.148. The zero-order valence-electron chi connectivity index (χ0n) is 11.8. The molecule has 1 aromatic carbocycles. The first-order valence-corrected chi connectivity index (χ1v) is 7.17. The number of hydrogen-bond donors (Lipinski definition) is 0. The fourth-order valence-corrected chi connectivity index (χ4v) is 2.86. The number of nitrogens with zero attached hydrogens (tertiary/aromatic N) is 1. The average molecular weight is 261 g/mol. The minimum Gasteiger partial charge on any atom is -0.466 e. The fraction of sp³-hybridized carbons (Fsp3) is 0.562. The van der Waals surface area contributed by atoms with Gasteiger partial charge in [-0.3, -0.25) is 9.69 Å². The van der Waals surface area contributed by atoms with Crippen LogP contribution in [0.3, 0.4) is 0 Å². The highest BCUT2D eigenvalue weighted by Gasteiger charge is 2.37. The Morgan fingerprint density at radius 1 is 1.26 bits per heavy atom. The van der Waals surface area contributed by atoms with Crippen LogP contribution in [0.15, 0.2) is 30.3 Å². The number of carbonyl (C=O) groups excluding carboxylic acids is 1. The van der Waals surface area contributed by atoms with E-state index in [1.54, 1.807) is 0 Å². The van der Waals surface area contributed by atoms with Gasteiger partial charge in [0.15, 0.2) is 0 Å². The largest absolute Gasteiger partial charge is 0.466 e. The zero-order chi connectivity index (χ0) is 13.7. The molecule has 1 saturated heterocycles. The summed E-state index contributed by atoms with van der Waals surface area (Å²) >= 11 is 0. The molecule has 2 atom stereocenters. The number of benzene rings is 1. The predicted molar refractivity (Wildman–Crippen MR) is 75.6 cm³/mol. The minimum absolute atomic E-state index is 0.0232. The molecule has 1 aromatic rings. The minimum atomic E-state index is -0.0232. The van der Waals surface area contributed by atoms with E-state index in [-0.39, 0.29) is 11.9 Å². The third-order valence-corrected chi connectivity index (χ3v) is 3.88. The Morgan fingerprint density at radius 2 is 2.00 bits per heavy atom. The molecule has 0 aliphatic carbocycles. The van der Waals surface area contributed by atoms with E-state index in [4.69, 9.17) is 4.74 Å². The number of rotatable bonds is 5. The second-order valence-electron chi connectivity index (χ2n) is 5.21. The van der Waals surface area contributed by atoms with Crippen molar-refractivity contribution in [1.29, 1.82) is 0 Å². The number of ether oxygens (including phenoxy) is 1. The molecular weight excluding hydrogens is 238 g/mol. The van der Waals surface area contributed by atoms with Crippen molar-refractivity contribution in [1.82, 2.24) is 4.90 Å². The van der Waals surface area contributed by atoms with Crippen LogP contribution in [-0.4, -0.2) is 30.6 Å².